The minimum absolute atomic E-state index is 0.280. The van der Waals surface area contributed by atoms with Crippen LogP contribution in [0.3, 0.4) is 0 Å². The summed E-state index contributed by atoms with van der Waals surface area (Å²) in [5, 5.41) is 5.04. The number of nitrogens with one attached hydrogen (secondary N) is 1. The lowest BCUT2D eigenvalue weighted by atomic mass is 10.1. The second kappa shape index (κ2) is 4.63. The first kappa shape index (κ1) is 12.0. The fourth-order valence-electron chi connectivity index (χ4n) is 1.12. The first-order chi connectivity index (χ1) is 6.97. The average molecular weight is 228 g/mol. The minimum atomic E-state index is -0.689. The molecule has 0 aliphatic heterocycles. The second-order valence-corrected chi connectivity index (χ2v) is 4.77. The molecule has 0 unspecified atom stereocenters. The van der Waals surface area contributed by atoms with Crippen molar-refractivity contribution in [2.75, 3.05) is 12.8 Å². The predicted molar refractivity (Wildman–Crippen MR) is 61.7 cm³/mol. The van der Waals surface area contributed by atoms with Gasteiger partial charge in [-0.2, -0.15) is 0 Å². The van der Waals surface area contributed by atoms with Gasteiger partial charge in [0.25, 0.3) is 0 Å². The van der Waals surface area contributed by atoms with Crippen molar-refractivity contribution in [3.8, 4) is 0 Å². The first-order valence-corrected chi connectivity index (χ1v) is 5.50. The van der Waals surface area contributed by atoms with Gasteiger partial charge >= 0.3 is 5.97 Å². The number of nitrogen functional groups attached to an aromatic ring is 1. The third-order valence-corrected chi connectivity index (χ3v) is 3.10. The van der Waals surface area contributed by atoms with E-state index in [9.17, 15) is 4.79 Å². The molecular weight excluding hydrogens is 212 g/mol. The summed E-state index contributed by atoms with van der Waals surface area (Å²) in [6, 6.07) is 1.85. The van der Waals surface area contributed by atoms with Crippen LogP contribution < -0.4 is 11.1 Å². The zero-order valence-electron chi connectivity index (χ0n) is 9.16. The van der Waals surface area contributed by atoms with Gasteiger partial charge < -0.3 is 10.5 Å². The van der Waals surface area contributed by atoms with E-state index in [1.165, 1.54) is 7.11 Å². The van der Waals surface area contributed by atoms with Gasteiger partial charge in [-0.05, 0) is 25.3 Å². The van der Waals surface area contributed by atoms with Crippen molar-refractivity contribution in [2.45, 2.75) is 25.9 Å². The molecular formula is C10H16N2O2S. The maximum Gasteiger partial charge on any atom is 0.325 e. The van der Waals surface area contributed by atoms with E-state index < -0.39 is 5.54 Å². The van der Waals surface area contributed by atoms with Gasteiger partial charge in [-0.25, -0.2) is 0 Å². The van der Waals surface area contributed by atoms with E-state index in [2.05, 4.69) is 10.1 Å². The molecule has 0 amide bonds. The summed E-state index contributed by atoms with van der Waals surface area (Å²) in [5.41, 5.74) is 5.80. The fourth-order valence-corrected chi connectivity index (χ4v) is 1.86. The maximum atomic E-state index is 11.4. The number of hydrogen-bond acceptors (Lipinski definition) is 5. The molecule has 3 N–H and O–H groups in total. The number of thiophene rings is 1. The lowest BCUT2D eigenvalue weighted by Gasteiger charge is -2.22. The van der Waals surface area contributed by atoms with Crippen molar-refractivity contribution in [3.05, 3.63) is 16.3 Å². The monoisotopic (exact) mass is 228 g/mol. The van der Waals surface area contributed by atoms with Crippen LogP contribution in [-0.2, 0) is 16.1 Å². The molecule has 84 valence electrons. The van der Waals surface area contributed by atoms with Crippen LogP contribution in [0.4, 0.5) is 5.69 Å². The highest BCUT2D eigenvalue weighted by Gasteiger charge is 2.27. The van der Waals surface area contributed by atoms with Crippen LogP contribution in [0.25, 0.3) is 0 Å². The van der Waals surface area contributed by atoms with Crippen LogP contribution in [-0.4, -0.2) is 18.6 Å². The molecule has 0 atom stereocenters. The van der Waals surface area contributed by atoms with Crippen molar-refractivity contribution in [1.29, 1.82) is 0 Å². The van der Waals surface area contributed by atoms with Crippen molar-refractivity contribution in [3.63, 3.8) is 0 Å². The topological polar surface area (TPSA) is 64.3 Å². The number of esters is 1. The maximum absolute atomic E-state index is 11.4. The highest BCUT2D eigenvalue weighted by Crippen LogP contribution is 2.19. The normalized spacial score (nSPS) is 11.4. The smallest absolute Gasteiger partial charge is 0.325 e. The summed E-state index contributed by atoms with van der Waals surface area (Å²) in [6.45, 7) is 4.14. The van der Waals surface area contributed by atoms with Crippen LogP contribution in [0.5, 0.6) is 0 Å². The van der Waals surface area contributed by atoms with Crippen molar-refractivity contribution in [2.24, 2.45) is 0 Å². The molecule has 15 heavy (non-hydrogen) atoms. The van der Waals surface area contributed by atoms with Crippen LogP contribution >= 0.6 is 11.3 Å². The van der Waals surface area contributed by atoms with Crippen molar-refractivity contribution < 1.29 is 9.53 Å². The van der Waals surface area contributed by atoms with Gasteiger partial charge in [0.2, 0.25) is 0 Å². The molecule has 0 bridgehead atoms. The molecule has 4 nitrogen and oxygen atoms in total. The molecule has 5 heteroatoms. The van der Waals surface area contributed by atoms with Gasteiger partial charge in [-0.1, -0.05) is 0 Å². The Morgan fingerprint density at radius 1 is 1.67 bits per heavy atom. The number of hydrogen-bond donors (Lipinski definition) is 2. The zero-order chi connectivity index (χ0) is 11.5. The Labute approximate surface area is 93.4 Å². The Morgan fingerprint density at radius 3 is 2.80 bits per heavy atom. The van der Waals surface area contributed by atoms with E-state index in [1.807, 2.05) is 11.4 Å². The molecule has 1 aromatic rings. The zero-order valence-corrected chi connectivity index (χ0v) is 9.98. The Kier molecular flexibility index (Phi) is 3.71. The highest BCUT2D eigenvalue weighted by molar-refractivity contribution is 7.10. The number of carbonyl (C=O) groups excluding carboxylic acids is 1. The molecule has 0 saturated heterocycles. The SMILES string of the molecule is COC(=O)C(C)(C)NCc1sccc1N. The Morgan fingerprint density at radius 2 is 2.33 bits per heavy atom. The molecule has 1 rings (SSSR count). The van der Waals surface area contributed by atoms with Gasteiger partial charge in [0.1, 0.15) is 5.54 Å². The second-order valence-electron chi connectivity index (χ2n) is 3.77. The van der Waals surface area contributed by atoms with Crippen LogP contribution in [0, 0.1) is 0 Å². The number of ether oxygens (including phenoxy) is 1. The fraction of sp³-hybridized carbons (Fsp3) is 0.500. The van der Waals surface area contributed by atoms with Gasteiger partial charge in [-0.3, -0.25) is 10.1 Å². The molecule has 0 saturated carbocycles. The van der Waals surface area contributed by atoms with Crippen LogP contribution in [0.2, 0.25) is 0 Å². The summed E-state index contributed by atoms with van der Waals surface area (Å²) in [5.74, 6) is -0.280. The molecule has 0 radical (unpaired) electrons. The van der Waals surface area contributed by atoms with E-state index in [4.69, 9.17) is 5.73 Å². The lowest BCUT2D eigenvalue weighted by molar-refractivity contribution is -0.147. The molecule has 0 aliphatic carbocycles. The Bertz CT molecular complexity index is 347. The molecule has 0 spiro atoms. The molecule has 0 fully saturated rings. The predicted octanol–water partition coefficient (Wildman–Crippen LogP) is 1.37. The third-order valence-electron chi connectivity index (χ3n) is 2.17. The van der Waals surface area contributed by atoms with E-state index in [1.54, 1.807) is 25.2 Å². The van der Waals surface area contributed by atoms with Crippen LogP contribution in [0.15, 0.2) is 11.4 Å². The van der Waals surface area contributed by atoms with E-state index in [-0.39, 0.29) is 5.97 Å². The highest BCUT2D eigenvalue weighted by atomic mass is 32.1. The average Bonchev–Trinajstić information content (AvgIpc) is 2.60. The number of carbonyl (C=O) groups is 1. The summed E-state index contributed by atoms with van der Waals surface area (Å²) in [4.78, 5) is 12.4. The lowest BCUT2D eigenvalue weighted by Crippen LogP contribution is -2.46. The van der Waals surface area contributed by atoms with Gasteiger partial charge in [-0.15, -0.1) is 11.3 Å². The van der Waals surface area contributed by atoms with E-state index >= 15 is 0 Å². The third kappa shape index (κ3) is 2.94. The summed E-state index contributed by atoms with van der Waals surface area (Å²) < 4.78 is 4.69. The molecule has 1 aromatic heterocycles. The Hall–Kier alpha value is -1.07. The number of nitrogens with two attached hydrogens (primary N) is 1. The largest absolute Gasteiger partial charge is 0.468 e. The van der Waals surface area contributed by atoms with Crippen molar-refractivity contribution >= 4 is 23.0 Å². The van der Waals surface area contributed by atoms with Crippen LogP contribution in [0.1, 0.15) is 18.7 Å². The van der Waals surface area contributed by atoms with E-state index in [0.29, 0.717) is 6.54 Å². The first-order valence-electron chi connectivity index (χ1n) is 4.62. The van der Waals surface area contributed by atoms with E-state index in [0.717, 1.165) is 10.6 Å². The minimum Gasteiger partial charge on any atom is -0.468 e. The standard InChI is InChI=1S/C10H16N2O2S/c1-10(2,9(13)14-3)12-6-8-7(11)4-5-15-8/h4-5,12H,6,11H2,1-3H3. The summed E-state index contributed by atoms with van der Waals surface area (Å²) in [7, 11) is 1.38. The van der Waals surface area contributed by atoms with Gasteiger partial charge in [0.15, 0.2) is 0 Å². The van der Waals surface area contributed by atoms with Gasteiger partial charge in [0.05, 0.1) is 7.11 Å². The number of anilines is 1. The number of methoxy groups -OCH3 is 1. The summed E-state index contributed by atoms with van der Waals surface area (Å²) in [6.07, 6.45) is 0. The number of rotatable bonds is 4. The van der Waals surface area contributed by atoms with Crippen molar-refractivity contribution in [1.82, 2.24) is 5.32 Å². The molecule has 0 aliphatic rings. The molecule has 1 heterocycles. The Balaban J connectivity index is 2.57. The van der Waals surface area contributed by atoms with Gasteiger partial charge in [0, 0.05) is 17.1 Å². The molecule has 0 aromatic carbocycles. The summed E-state index contributed by atoms with van der Waals surface area (Å²) >= 11 is 1.57. The quantitative estimate of drug-likeness (QED) is 0.764.